The molecule has 0 atom stereocenters. The Morgan fingerprint density at radius 3 is 2.70 bits per heavy atom. The number of aryl methyl sites for hydroxylation is 2. The van der Waals surface area contributed by atoms with Gasteiger partial charge in [0.25, 0.3) is 11.5 Å². The zero-order valence-electron chi connectivity index (χ0n) is 12.7. The molecule has 0 saturated heterocycles. The van der Waals surface area contributed by atoms with E-state index in [1.54, 1.807) is 0 Å². The van der Waals surface area contributed by atoms with Crippen LogP contribution in [0.25, 0.3) is 0 Å². The van der Waals surface area contributed by atoms with Gasteiger partial charge in [-0.2, -0.15) is 4.73 Å². The fourth-order valence-electron chi connectivity index (χ4n) is 1.92. The standard InChI is InChI=1S/C16H16N2O5/c1-10-5-6-11(2)13(8-10)17-14(19)9-23-18-7-3-4-12(15(18)20)16(21)22/h3-8H,9H2,1-2H3,(H,17,19)(H,21,22). The van der Waals surface area contributed by atoms with Gasteiger partial charge in [0.05, 0.1) is 0 Å². The minimum atomic E-state index is -1.35. The number of hydrogen-bond acceptors (Lipinski definition) is 4. The van der Waals surface area contributed by atoms with E-state index >= 15 is 0 Å². The van der Waals surface area contributed by atoms with Crippen molar-refractivity contribution >= 4 is 17.6 Å². The summed E-state index contributed by atoms with van der Waals surface area (Å²) in [5, 5.41) is 11.6. The third-order valence-electron chi connectivity index (χ3n) is 3.15. The van der Waals surface area contributed by atoms with Gasteiger partial charge in [0.2, 0.25) is 0 Å². The highest BCUT2D eigenvalue weighted by atomic mass is 16.7. The van der Waals surface area contributed by atoms with Crippen LogP contribution in [0.1, 0.15) is 21.5 Å². The number of aromatic carboxylic acids is 1. The van der Waals surface area contributed by atoms with Crippen molar-refractivity contribution in [2.75, 3.05) is 11.9 Å². The van der Waals surface area contributed by atoms with Gasteiger partial charge in [-0.1, -0.05) is 12.1 Å². The Kier molecular flexibility index (Phi) is 4.80. The summed E-state index contributed by atoms with van der Waals surface area (Å²) in [6, 6.07) is 8.16. The van der Waals surface area contributed by atoms with E-state index in [4.69, 9.17) is 9.94 Å². The number of pyridine rings is 1. The Hall–Kier alpha value is -3.09. The number of carbonyl (C=O) groups excluding carboxylic acids is 1. The van der Waals surface area contributed by atoms with E-state index in [1.165, 1.54) is 18.3 Å². The fourth-order valence-corrected chi connectivity index (χ4v) is 1.92. The predicted molar refractivity (Wildman–Crippen MR) is 83.7 cm³/mol. The Labute approximate surface area is 132 Å². The molecular formula is C16H16N2O5. The summed E-state index contributed by atoms with van der Waals surface area (Å²) in [5.41, 5.74) is 1.29. The van der Waals surface area contributed by atoms with Crippen molar-refractivity contribution in [3.05, 3.63) is 63.6 Å². The third kappa shape index (κ3) is 3.97. The van der Waals surface area contributed by atoms with Gasteiger partial charge >= 0.3 is 5.97 Å². The molecule has 0 aliphatic rings. The lowest BCUT2D eigenvalue weighted by atomic mass is 10.1. The molecule has 7 heteroatoms. The smallest absolute Gasteiger partial charge is 0.341 e. The zero-order valence-corrected chi connectivity index (χ0v) is 12.7. The third-order valence-corrected chi connectivity index (χ3v) is 3.15. The maximum Gasteiger partial charge on any atom is 0.341 e. The highest BCUT2D eigenvalue weighted by Crippen LogP contribution is 2.15. The second kappa shape index (κ2) is 6.78. The van der Waals surface area contributed by atoms with Crippen LogP contribution in [0, 0.1) is 13.8 Å². The predicted octanol–water partition coefficient (Wildman–Crippen LogP) is 1.23. The van der Waals surface area contributed by atoms with Crippen molar-refractivity contribution in [3.8, 4) is 0 Å². The maximum atomic E-state index is 11.9. The van der Waals surface area contributed by atoms with Crippen LogP contribution in [-0.2, 0) is 4.79 Å². The monoisotopic (exact) mass is 316 g/mol. The van der Waals surface area contributed by atoms with Crippen molar-refractivity contribution in [2.24, 2.45) is 0 Å². The summed E-state index contributed by atoms with van der Waals surface area (Å²) >= 11 is 0. The molecule has 120 valence electrons. The van der Waals surface area contributed by atoms with Crippen LogP contribution in [0.4, 0.5) is 5.69 Å². The molecule has 0 spiro atoms. The van der Waals surface area contributed by atoms with Crippen LogP contribution >= 0.6 is 0 Å². The molecule has 7 nitrogen and oxygen atoms in total. The van der Waals surface area contributed by atoms with E-state index in [2.05, 4.69) is 5.32 Å². The van der Waals surface area contributed by atoms with Gasteiger partial charge in [-0.25, -0.2) is 4.79 Å². The number of benzene rings is 1. The first-order valence-electron chi connectivity index (χ1n) is 6.84. The lowest BCUT2D eigenvalue weighted by Crippen LogP contribution is -2.34. The van der Waals surface area contributed by atoms with Crippen molar-refractivity contribution in [1.29, 1.82) is 0 Å². The van der Waals surface area contributed by atoms with Gasteiger partial charge in [-0.3, -0.25) is 9.59 Å². The van der Waals surface area contributed by atoms with Gasteiger partial charge in [0.1, 0.15) is 5.56 Å². The molecule has 0 bridgehead atoms. The summed E-state index contributed by atoms with van der Waals surface area (Å²) in [5.74, 6) is -1.81. The number of nitrogens with zero attached hydrogens (tertiary/aromatic N) is 1. The molecule has 1 heterocycles. The molecule has 2 rings (SSSR count). The average molecular weight is 316 g/mol. The molecule has 23 heavy (non-hydrogen) atoms. The summed E-state index contributed by atoms with van der Waals surface area (Å²) in [7, 11) is 0. The fraction of sp³-hybridized carbons (Fsp3) is 0.188. The molecule has 1 amide bonds. The highest BCUT2D eigenvalue weighted by molar-refractivity contribution is 5.92. The Balaban J connectivity index is 2.05. The van der Waals surface area contributed by atoms with Crippen LogP contribution in [0.2, 0.25) is 0 Å². The second-order valence-corrected chi connectivity index (χ2v) is 5.00. The van der Waals surface area contributed by atoms with E-state index < -0.39 is 29.6 Å². The minimum Gasteiger partial charge on any atom is -0.477 e. The Morgan fingerprint density at radius 2 is 2.00 bits per heavy atom. The minimum absolute atomic E-state index is 0.420. The number of carboxylic acid groups (broad SMARTS) is 1. The number of rotatable bonds is 5. The van der Waals surface area contributed by atoms with Gasteiger partial charge in [0, 0.05) is 11.9 Å². The molecule has 0 aliphatic heterocycles. The second-order valence-electron chi connectivity index (χ2n) is 5.00. The number of anilines is 1. The lowest BCUT2D eigenvalue weighted by Gasteiger charge is -2.11. The molecule has 0 fully saturated rings. The van der Waals surface area contributed by atoms with Crippen molar-refractivity contribution in [2.45, 2.75) is 13.8 Å². The summed E-state index contributed by atoms with van der Waals surface area (Å²) in [6.07, 6.45) is 1.25. The molecular weight excluding hydrogens is 300 g/mol. The van der Waals surface area contributed by atoms with Crippen LogP contribution < -0.4 is 15.7 Å². The first-order chi connectivity index (χ1) is 10.9. The molecule has 0 saturated carbocycles. The Morgan fingerprint density at radius 1 is 1.26 bits per heavy atom. The molecule has 1 aromatic heterocycles. The molecule has 0 aliphatic carbocycles. The number of amides is 1. The van der Waals surface area contributed by atoms with Crippen molar-refractivity contribution in [3.63, 3.8) is 0 Å². The summed E-state index contributed by atoms with van der Waals surface area (Å²) < 4.78 is 0.728. The van der Waals surface area contributed by atoms with Gasteiger partial charge in [-0.15, -0.1) is 0 Å². The van der Waals surface area contributed by atoms with E-state index in [9.17, 15) is 14.4 Å². The number of aromatic nitrogens is 1. The van der Waals surface area contributed by atoms with E-state index in [0.717, 1.165) is 15.9 Å². The topological polar surface area (TPSA) is 97.6 Å². The zero-order chi connectivity index (χ0) is 17.0. The number of carbonyl (C=O) groups is 2. The van der Waals surface area contributed by atoms with Crippen molar-refractivity contribution in [1.82, 2.24) is 4.73 Å². The number of carboxylic acids is 1. The normalized spacial score (nSPS) is 10.2. The molecule has 2 N–H and O–H groups in total. The van der Waals surface area contributed by atoms with Gasteiger partial charge in [-0.05, 0) is 43.2 Å². The van der Waals surface area contributed by atoms with Gasteiger partial charge in [0.15, 0.2) is 6.61 Å². The lowest BCUT2D eigenvalue weighted by molar-refractivity contribution is -0.120. The number of hydrogen-bond donors (Lipinski definition) is 2. The van der Waals surface area contributed by atoms with E-state index in [0.29, 0.717) is 5.69 Å². The van der Waals surface area contributed by atoms with Crippen LogP contribution in [-0.4, -0.2) is 28.3 Å². The van der Waals surface area contributed by atoms with E-state index in [-0.39, 0.29) is 0 Å². The highest BCUT2D eigenvalue weighted by Gasteiger charge is 2.12. The molecule has 0 unspecified atom stereocenters. The number of nitrogens with one attached hydrogen (secondary N) is 1. The SMILES string of the molecule is Cc1ccc(C)c(NC(=O)COn2cccc(C(=O)O)c2=O)c1. The first-order valence-corrected chi connectivity index (χ1v) is 6.84. The van der Waals surface area contributed by atoms with Crippen LogP contribution in [0.15, 0.2) is 41.3 Å². The summed E-state index contributed by atoms with van der Waals surface area (Å²) in [6.45, 7) is 3.34. The largest absolute Gasteiger partial charge is 0.477 e. The van der Waals surface area contributed by atoms with E-state index in [1.807, 2.05) is 32.0 Å². The Bertz CT molecular complexity index is 810. The maximum absolute atomic E-state index is 11.9. The van der Waals surface area contributed by atoms with Crippen molar-refractivity contribution < 1.29 is 19.5 Å². The molecule has 1 aromatic carbocycles. The first kappa shape index (κ1) is 16.3. The van der Waals surface area contributed by atoms with Crippen LogP contribution in [0.5, 0.6) is 0 Å². The molecule has 2 aromatic rings. The van der Waals surface area contributed by atoms with Gasteiger partial charge < -0.3 is 15.3 Å². The average Bonchev–Trinajstić information content (AvgIpc) is 2.49. The summed E-state index contributed by atoms with van der Waals surface area (Å²) in [4.78, 5) is 39.7. The van der Waals surface area contributed by atoms with Crippen LogP contribution in [0.3, 0.4) is 0 Å². The quantitative estimate of drug-likeness (QED) is 0.864. The molecule has 0 radical (unpaired) electrons.